The molecule has 4 N–H and O–H groups in total. The second-order valence-electron chi connectivity index (χ2n) is 3.61. The third kappa shape index (κ3) is 11.4. The van der Waals surface area contributed by atoms with Crippen molar-refractivity contribution < 1.29 is 9.47 Å². The SMILES string of the molecule is CCCOCCCNC(=NCCCOC)NN. The quantitative estimate of drug-likeness (QED) is 0.169. The van der Waals surface area contributed by atoms with E-state index in [-0.39, 0.29) is 0 Å². The Morgan fingerprint density at radius 2 is 2.06 bits per heavy atom. The largest absolute Gasteiger partial charge is 0.385 e. The van der Waals surface area contributed by atoms with Gasteiger partial charge in [-0.15, -0.1) is 0 Å². The van der Waals surface area contributed by atoms with Gasteiger partial charge in [-0.2, -0.15) is 0 Å². The number of methoxy groups -OCH3 is 1. The molecular weight excluding hydrogens is 220 g/mol. The molecule has 0 heterocycles. The van der Waals surface area contributed by atoms with E-state index in [2.05, 4.69) is 22.7 Å². The highest BCUT2D eigenvalue weighted by atomic mass is 16.5. The summed E-state index contributed by atoms with van der Waals surface area (Å²) in [5, 5.41) is 3.12. The lowest BCUT2D eigenvalue weighted by atomic mass is 10.4. The van der Waals surface area contributed by atoms with E-state index in [9.17, 15) is 0 Å². The first-order valence-corrected chi connectivity index (χ1v) is 6.16. The Labute approximate surface area is 104 Å². The zero-order chi connectivity index (χ0) is 12.8. The average molecular weight is 246 g/mol. The molecule has 0 saturated carbocycles. The highest BCUT2D eigenvalue weighted by Crippen LogP contribution is 1.85. The maximum Gasteiger partial charge on any atom is 0.205 e. The molecule has 0 fully saturated rings. The molecule has 0 bridgehead atoms. The summed E-state index contributed by atoms with van der Waals surface area (Å²) in [6, 6.07) is 0. The molecule has 0 unspecified atom stereocenters. The summed E-state index contributed by atoms with van der Waals surface area (Å²) in [7, 11) is 1.68. The van der Waals surface area contributed by atoms with Gasteiger partial charge in [-0.1, -0.05) is 6.92 Å². The fourth-order valence-corrected chi connectivity index (χ4v) is 1.18. The summed E-state index contributed by atoms with van der Waals surface area (Å²) in [5.74, 6) is 5.97. The van der Waals surface area contributed by atoms with Gasteiger partial charge >= 0.3 is 0 Å². The molecule has 6 nitrogen and oxygen atoms in total. The van der Waals surface area contributed by atoms with E-state index in [1.54, 1.807) is 7.11 Å². The molecular formula is C11H26N4O2. The molecule has 6 heteroatoms. The highest BCUT2D eigenvalue weighted by Gasteiger charge is 1.95. The third-order valence-electron chi connectivity index (χ3n) is 2.02. The molecule has 0 aliphatic rings. The number of hydrogen-bond acceptors (Lipinski definition) is 4. The standard InChI is InChI=1S/C11H26N4O2/c1-3-8-17-10-5-7-14-11(15-12)13-6-4-9-16-2/h3-10,12H2,1-2H3,(H2,13,14,15). The van der Waals surface area contributed by atoms with E-state index in [0.717, 1.165) is 39.0 Å². The van der Waals surface area contributed by atoms with Crippen molar-refractivity contribution in [2.75, 3.05) is 40.0 Å². The van der Waals surface area contributed by atoms with Crippen LogP contribution in [0, 0.1) is 0 Å². The Morgan fingerprint density at radius 3 is 2.71 bits per heavy atom. The lowest BCUT2D eigenvalue weighted by molar-refractivity contribution is 0.133. The molecule has 0 aromatic rings. The van der Waals surface area contributed by atoms with Gasteiger partial charge in [-0.05, 0) is 19.3 Å². The molecule has 0 aliphatic carbocycles. The van der Waals surface area contributed by atoms with Gasteiger partial charge < -0.3 is 14.8 Å². The van der Waals surface area contributed by atoms with Gasteiger partial charge in [-0.3, -0.25) is 10.4 Å². The number of nitrogens with one attached hydrogen (secondary N) is 2. The molecule has 0 aliphatic heterocycles. The highest BCUT2D eigenvalue weighted by molar-refractivity contribution is 5.79. The van der Waals surface area contributed by atoms with Gasteiger partial charge in [0.05, 0.1) is 0 Å². The van der Waals surface area contributed by atoms with Gasteiger partial charge in [0.15, 0.2) is 0 Å². The van der Waals surface area contributed by atoms with Crippen molar-refractivity contribution in [3.63, 3.8) is 0 Å². The third-order valence-corrected chi connectivity index (χ3v) is 2.02. The van der Waals surface area contributed by atoms with Crippen molar-refractivity contribution in [2.24, 2.45) is 10.8 Å². The maximum atomic E-state index is 5.36. The second kappa shape index (κ2) is 13.2. The lowest BCUT2D eigenvalue weighted by Crippen LogP contribution is -2.42. The van der Waals surface area contributed by atoms with E-state index in [0.29, 0.717) is 19.1 Å². The Bertz CT molecular complexity index is 188. The van der Waals surface area contributed by atoms with Crippen LogP contribution < -0.4 is 16.6 Å². The fourth-order valence-electron chi connectivity index (χ4n) is 1.18. The number of hydrazine groups is 1. The van der Waals surface area contributed by atoms with Crippen molar-refractivity contribution in [1.29, 1.82) is 0 Å². The van der Waals surface area contributed by atoms with Gasteiger partial charge in [-0.25, -0.2) is 5.84 Å². The van der Waals surface area contributed by atoms with Gasteiger partial charge in [0.1, 0.15) is 0 Å². The predicted molar refractivity (Wildman–Crippen MR) is 69.8 cm³/mol. The molecule has 17 heavy (non-hydrogen) atoms. The number of guanidine groups is 1. The number of nitrogens with two attached hydrogens (primary N) is 1. The van der Waals surface area contributed by atoms with Crippen LogP contribution in [-0.4, -0.2) is 46.0 Å². The minimum absolute atomic E-state index is 0.622. The van der Waals surface area contributed by atoms with Crippen LogP contribution in [0.1, 0.15) is 26.2 Å². The zero-order valence-corrected chi connectivity index (χ0v) is 11.0. The summed E-state index contributed by atoms with van der Waals surface area (Å²) in [6.07, 6.45) is 2.89. The van der Waals surface area contributed by atoms with Gasteiger partial charge in [0, 0.05) is 40.0 Å². The number of hydrogen-bond donors (Lipinski definition) is 3. The number of ether oxygens (including phenoxy) is 2. The van der Waals surface area contributed by atoms with Crippen molar-refractivity contribution in [3.05, 3.63) is 0 Å². The monoisotopic (exact) mass is 246 g/mol. The molecule has 0 spiro atoms. The summed E-state index contributed by atoms with van der Waals surface area (Å²) < 4.78 is 10.3. The van der Waals surface area contributed by atoms with Gasteiger partial charge in [0.25, 0.3) is 0 Å². The number of aliphatic imine (C=N–C) groups is 1. The molecule has 0 rings (SSSR count). The van der Waals surface area contributed by atoms with Crippen LogP contribution in [0.5, 0.6) is 0 Å². The molecule has 0 radical (unpaired) electrons. The minimum atomic E-state index is 0.622. The van der Waals surface area contributed by atoms with Crippen molar-refractivity contribution in [2.45, 2.75) is 26.2 Å². The Morgan fingerprint density at radius 1 is 1.24 bits per heavy atom. The van der Waals surface area contributed by atoms with E-state index in [4.69, 9.17) is 15.3 Å². The molecule has 0 aromatic heterocycles. The van der Waals surface area contributed by atoms with E-state index in [1.165, 1.54) is 0 Å². The van der Waals surface area contributed by atoms with Crippen molar-refractivity contribution in [3.8, 4) is 0 Å². The van der Waals surface area contributed by atoms with E-state index < -0.39 is 0 Å². The number of rotatable bonds is 10. The molecule has 102 valence electrons. The van der Waals surface area contributed by atoms with Crippen LogP contribution in [0.25, 0.3) is 0 Å². The first-order valence-electron chi connectivity index (χ1n) is 6.16. The smallest absolute Gasteiger partial charge is 0.205 e. The topological polar surface area (TPSA) is 80.9 Å². The van der Waals surface area contributed by atoms with Gasteiger partial charge in [0.2, 0.25) is 5.96 Å². The molecule has 0 amide bonds. The number of nitrogens with zero attached hydrogens (tertiary/aromatic N) is 1. The summed E-state index contributed by atoms with van der Waals surface area (Å²) in [5.41, 5.74) is 2.54. The fraction of sp³-hybridized carbons (Fsp3) is 0.909. The Hall–Kier alpha value is -0.850. The van der Waals surface area contributed by atoms with Crippen LogP contribution in [0.3, 0.4) is 0 Å². The molecule has 0 atom stereocenters. The van der Waals surface area contributed by atoms with Crippen LogP contribution in [0.4, 0.5) is 0 Å². The lowest BCUT2D eigenvalue weighted by Gasteiger charge is -2.09. The summed E-state index contributed by atoms with van der Waals surface area (Å²) in [4.78, 5) is 4.26. The van der Waals surface area contributed by atoms with Crippen LogP contribution >= 0.6 is 0 Å². The molecule has 0 aromatic carbocycles. The Balaban J connectivity index is 3.46. The zero-order valence-electron chi connectivity index (χ0n) is 11.0. The summed E-state index contributed by atoms with van der Waals surface area (Å²) >= 11 is 0. The van der Waals surface area contributed by atoms with E-state index in [1.807, 2.05) is 0 Å². The van der Waals surface area contributed by atoms with Crippen LogP contribution in [-0.2, 0) is 9.47 Å². The van der Waals surface area contributed by atoms with E-state index >= 15 is 0 Å². The first-order chi connectivity index (χ1) is 8.35. The van der Waals surface area contributed by atoms with Crippen LogP contribution in [0.2, 0.25) is 0 Å². The van der Waals surface area contributed by atoms with Crippen LogP contribution in [0.15, 0.2) is 4.99 Å². The Kier molecular flexibility index (Phi) is 12.6. The summed E-state index contributed by atoms with van der Waals surface area (Å²) in [6.45, 7) is 5.91. The van der Waals surface area contributed by atoms with Crippen molar-refractivity contribution >= 4 is 5.96 Å². The average Bonchev–Trinajstić information content (AvgIpc) is 2.36. The second-order valence-corrected chi connectivity index (χ2v) is 3.61. The molecule has 0 saturated heterocycles. The van der Waals surface area contributed by atoms with Crippen molar-refractivity contribution in [1.82, 2.24) is 10.7 Å². The predicted octanol–water partition coefficient (Wildman–Crippen LogP) is 0.249. The normalized spacial score (nSPS) is 11.6. The first kappa shape index (κ1) is 16.1. The maximum absolute atomic E-state index is 5.36. The minimum Gasteiger partial charge on any atom is -0.385 e.